The molecule has 0 N–H and O–H groups in total. The van der Waals surface area contributed by atoms with E-state index in [-0.39, 0.29) is 13.2 Å². The predicted octanol–water partition coefficient (Wildman–Crippen LogP) is 1.64. The molecule has 0 bridgehead atoms. The number of anilines is 1. The van der Waals surface area contributed by atoms with Gasteiger partial charge in [-0.25, -0.2) is 4.79 Å². The van der Waals surface area contributed by atoms with Crippen molar-refractivity contribution in [1.82, 2.24) is 0 Å². The van der Waals surface area contributed by atoms with Crippen LogP contribution in [0, 0.1) is 0 Å². The summed E-state index contributed by atoms with van der Waals surface area (Å²) >= 11 is 5.77. The number of benzene rings is 1. The highest BCUT2D eigenvalue weighted by Crippen LogP contribution is 2.25. The van der Waals surface area contributed by atoms with E-state index in [1.165, 1.54) is 4.90 Å². The number of carbonyl (C=O) groups excluding carboxylic acids is 1. The maximum Gasteiger partial charge on any atom is 0.414 e. The minimum atomic E-state index is -3.56. The Balaban J connectivity index is 2.16. The standard InChI is InChI=1S/C11H12ClNO5S/c1-19(15,16)18-7-10-6-17-11(14)13(10)9-4-2-8(12)3-5-9/h2-5,10H,6-7H2,1H3. The van der Waals surface area contributed by atoms with Gasteiger partial charge in [-0.2, -0.15) is 8.42 Å². The van der Waals surface area contributed by atoms with Gasteiger partial charge in [0, 0.05) is 10.7 Å². The molecule has 0 saturated carbocycles. The number of hydrogen-bond acceptors (Lipinski definition) is 5. The summed E-state index contributed by atoms with van der Waals surface area (Å²) in [5.74, 6) is 0. The molecule has 0 spiro atoms. The lowest BCUT2D eigenvalue weighted by molar-refractivity contribution is 0.175. The van der Waals surface area contributed by atoms with Crippen molar-refractivity contribution < 1.29 is 22.1 Å². The first-order chi connectivity index (χ1) is 8.87. The summed E-state index contributed by atoms with van der Waals surface area (Å²) in [6.07, 6.45) is 0.418. The van der Waals surface area contributed by atoms with Crippen molar-refractivity contribution in [2.24, 2.45) is 0 Å². The molecule has 8 heteroatoms. The smallest absolute Gasteiger partial charge is 0.414 e. The Bertz CT molecular complexity index is 571. The van der Waals surface area contributed by atoms with Crippen LogP contribution >= 0.6 is 11.6 Å². The summed E-state index contributed by atoms with van der Waals surface area (Å²) in [7, 11) is -3.56. The number of cyclic esters (lactones) is 1. The third-order valence-corrected chi connectivity index (χ3v) is 3.36. The molecule has 1 saturated heterocycles. The molecular formula is C11H12ClNO5S. The molecule has 104 valence electrons. The molecule has 1 unspecified atom stereocenters. The van der Waals surface area contributed by atoms with Gasteiger partial charge < -0.3 is 4.74 Å². The second-order valence-electron chi connectivity index (χ2n) is 4.07. The molecule has 0 aromatic heterocycles. The molecule has 1 atom stereocenters. The topological polar surface area (TPSA) is 72.9 Å². The highest BCUT2D eigenvalue weighted by atomic mass is 35.5. The Morgan fingerprint density at radius 3 is 2.63 bits per heavy atom. The number of nitrogens with zero attached hydrogens (tertiary/aromatic N) is 1. The van der Waals surface area contributed by atoms with E-state index in [1.807, 2.05) is 0 Å². The monoisotopic (exact) mass is 305 g/mol. The van der Waals surface area contributed by atoms with Crippen LogP contribution in [0.4, 0.5) is 10.5 Å². The SMILES string of the molecule is CS(=O)(=O)OCC1COC(=O)N1c1ccc(Cl)cc1. The van der Waals surface area contributed by atoms with Crippen LogP contribution in [0.2, 0.25) is 5.02 Å². The molecule has 0 aliphatic carbocycles. The van der Waals surface area contributed by atoms with Crippen molar-refractivity contribution in [3.05, 3.63) is 29.3 Å². The van der Waals surface area contributed by atoms with Crippen LogP contribution < -0.4 is 4.90 Å². The second-order valence-corrected chi connectivity index (χ2v) is 6.15. The van der Waals surface area contributed by atoms with Gasteiger partial charge in [0.2, 0.25) is 0 Å². The van der Waals surface area contributed by atoms with Crippen molar-refractivity contribution in [2.75, 3.05) is 24.4 Å². The molecule has 1 heterocycles. The Hall–Kier alpha value is -1.31. The maximum atomic E-state index is 11.7. The lowest BCUT2D eigenvalue weighted by Gasteiger charge is -2.20. The number of halogens is 1. The average molecular weight is 306 g/mol. The van der Waals surface area contributed by atoms with Crippen LogP contribution in [0.5, 0.6) is 0 Å². The number of hydrogen-bond donors (Lipinski definition) is 0. The van der Waals surface area contributed by atoms with Crippen LogP contribution in [0.15, 0.2) is 24.3 Å². The van der Waals surface area contributed by atoms with Crippen LogP contribution in [0.1, 0.15) is 0 Å². The summed E-state index contributed by atoms with van der Waals surface area (Å²) in [4.78, 5) is 13.0. The van der Waals surface area contributed by atoms with Crippen LogP contribution in [0.25, 0.3) is 0 Å². The molecule has 1 fully saturated rings. The van der Waals surface area contributed by atoms with E-state index in [9.17, 15) is 13.2 Å². The van der Waals surface area contributed by atoms with Crippen molar-refractivity contribution >= 4 is 33.5 Å². The van der Waals surface area contributed by atoms with E-state index in [1.54, 1.807) is 24.3 Å². The largest absolute Gasteiger partial charge is 0.447 e. The fraction of sp³-hybridized carbons (Fsp3) is 0.364. The normalized spacial score (nSPS) is 19.6. The molecule has 0 radical (unpaired) electrons. The fourth-order valence-corrected chi connectivity index (χ4v) is 2.23. The highest BCUT2D eigenvalue weighted by Gasteiger charge is 2.35. The number of rotatable bonds is 4. The van der Waals surface area contributed by atoms with Gasteiger partial charge in [-0.05, 0) is 24.3 Å². The average Bonchev–Trinajstić information content (AvgIpc) is 2.68. The quantitative estimate of drug-likeness (QED) is 0.791. The summed E-state index contributed by atoms with van der Waals surface area (Å²) in [5, 5.41) is 0.542. The van der Waals surface area contributed by atoms with E-state index in [2.05, 4.69) is 0 Å². The zero-order chi connectivity index (χ0) is 14.0. The zero-order valence-electron chi connectivity index (χ0n) is 10.1. The van der Waals surface area contributed by atoms with Gasteiger partial charge in [0.05, 0.1) is 18.9 Å². The summed E-state index contributed by atoms with van der Waals surface area (Å²) in [6, 6.07) is 6.10. The summed E-state index contributed by atoms with van der Waals surface area (Å²) < 4.78 is 31.6. The molecule has 1 aromatic rings. The molecule has 19 heavy (non-hydrogen) atoms. The Kier molecular flexibility index (Phi) is 3.98. The fourth-order valence-electron chi connectivity index (χ4n) is 1.70. The molecular weight excluding hydrogens is 294 g/mol. The van der Waals surface area contributed by atoms with Crippen molar-refractivity contribution in [3.8, 4) is 0 Å². The Labute approximate surface area is 116 Å². The van der Waals surface area contributed by atoms with Crippen LogP contribution in [0.3, 0.4) is 0 Å². The number of amides is 1. The third-order valence-electron chi connectivity index (χ3n) is 2.54. The number of ether oxygens (including phenoxy) is 1. The zero-order valence-corrected chi connectivity index (χ0v) is 11.6. The van der Waals surface area contributed by atoms with E-state index in [0.717, 1.165) is 6.26 Å². The van der Waals surface area contributed by atoms with Crippen molar-refractivity contribution in [1.29, 1.82) is 0 Å². The molecule has 6 nitrogen and oxygen atoms in total. The highest BCUT2D eigenvalue weighted by molar-refractivity contribution is 7.85. The molecule has 1 aromatic carbocycles. The first-order valence-electron chi connectivity index (χ1n) is 5.43. The van der Waals surface area contributed by atoms with E-state index >= 15 is 0 Å². The van der Waals surface area contributed by atoms with Gasteiger partial charge in [0.25, 0.3) is 10.1 Å². The van der Waals surface area contributed by atoms with Crippen LogP contribution in [-0.2, 0) is 19.0 Å². The first kappa shape index (κ1) is 14.1. The van der Waals surface area contributed by atoms with Crippen molar-refractivity contribution in [2.45, 2.75) is 6.04 Å². The van der Waals surface area contributed by atoms with Gasteiger partial charge in [-0.1, -0.05) is 11.6 Å². The third kappa shape index (κ3) is 3.59. The van der Waals surface area contributed by atoms with Gasteiger partial charge in [0.15, 0.2) is 0 Å². The van der Waals surface area contributed by atoms with Crippen LogP contribution in [-0.4, -0.2) is 40.0 Å². The minimum absolute atomic E-state index is 0.0803. The lowest BCUT2D eigenvalue weighted by atomic mass is 10.2. The van der Waals surface area contributed by atoms with E-state index in [0.29, 0.717) is 10.7 Å². The lowest BCUT2D eigenvalue weighted by Crippen LogP contribution is -2.37. The Morgan fingerprint density at radius 2 is 2.05 bits per heavy atom. The summed E-state index contributed by atoms with van der Waals surface area (Å²) in [5.41, 5.74) is 0.578. The predicted molar refractivity (Wildman–Crippen MR) is 69.9 cm³/mol. The second kappa shape index (κ2) is 5.36. The molecule has 1 aliphatic rings. The summed E-state index contributed by atoms with van der Waals surface area (Å²) in [6.45, 7) is -0.0653. The van der Waals surface area contributed by atoms with Gasteiger partial charge >= 0.3 is 6.09 Å². The van der Waals surface area contributed by atoms with E-state index in [4.69, 9.17) is 20.5 Å². The first-order valence-corrected chi connectivity index (χ1v) is 7.62. The van der Waals surface area contributed by atoms with Gasteiger partial charge in [-0.3, -0.25) is 9.08 Å². The maximum absolute atomic E-state index is 11.7. The van der Waals surface area contributed by atoms with E-state index < -0.39 is 22.3 Å². The molecule has 1 aliphatic heterocycles. The van der Waals surface area contributed by atoms with Gasteiger partial charge in [0.1, 0.15) is 6.61 Å². The number of carbonyl (C=O) groups is 1. The van der Waals surface area contributed by atoms with Crippen molar-refractivity contribution in [3.63, 3.8) is 0 Å². The molecule has 1 amide bonds. The Morgan fingerprint density at radius 1 is 1.42 bits per heavy atom. The molecule has 2 rings (SSSR count). The minimum Gasteiger partial charge on any atom is -0.447 e. The van der Waals surface area contributed by atoms with Gasteiger partial charge in [-0.15, -0.1) is 0 Å².